The number of aromatic nitrogens is 2. The summed E-state index contributed by atoms with van der Waals surface area (Å²) in [6, 6.07) is 5.11. The molecule has 9 heteroatoms. The number of aryl methyl sites for hydroxylation is 1. The lowest BCUT2D eigenvalue weighted by molar-refractivity contribution is -0.140. The van der Waals surface area contributed by atoms with E-state index in [0.29, 0.717) is 37.7 Å². The van der Waals surface area contributed by atoms with Gasteiger partial charge in [-0.2, -0.15) is 0 Å². The summed E-state index contributed by atoms with van der Waals surface area (Å²) in [7, 11) is 5.12. The van der Waals surface area contributed by atoms with E-state index in [0.717, 1.165) is 11.4 Å². The predicted molar refractivity (Wildman–Crippen MR) is 120 cm³/mol. The van der Waals surface area contributed by atoms with Crippen LogP contribution in [0.25, 0.3) is 0 Å². The molecule has 9 nitrogen and oxygen atoms in total. The Kier molecular flexibility index (Phi) is 7.74. The number of nitrogens with zero attached hydrogens (tertiary/aromatic N) is 4. The number of hydrogen-bond acceptors (Lipinski definition) is 6. The maximum absolute atomic E-state index is 13.3. The summed E-state index contributed by atoms with van der Waals surface area (Å²) in [6.45, 7) is 6.07. The third-order valence-corrected chi connectivity index (χ3v) is 5.78. The van der Waals surface area contributed by atoms with Crippen molar-refractivity contribution in [3.8, 4) is 11.5 Å². The van der Waals surface area contributed by atoms with Crippen LogP contribution in [0.3, 0.4) is 0 Å². The van der Waals surface area contributed by atoms with Gasteiger partial charge in [0.2, 0.25) is 11.8 Å². The van der Waals surface area contributed by atoms with Crippen molar-refractivity contribution in [1.82, 2.24) is 24.7 Å². The average Bonchev–Trinajstić information content (AvgIpc) is 3.18. The molecule has 2 heterocycles. The van der Waals surface area contributed by atoms with Gasteiger partial charge in [-0.05, 0) is 31.5 Å². The molecule has 1 N–H and O–H groups in total. The van der Waals surface area contributed by atoms with E-state index in [1.165, 1.54) is 0 Å². The highest BCUT2D eigenvalue weighted by atomic mass is 16.5. The number of methoxy groups -OCH3 is 2. The van der Waals surface area contributed by atoms with Gasteiger partial charge in [0, 0.05) is 51.2 Å². The van der Waals surface area contributed by atoms with Crippen molar-refractivity contribution in [3.63, 3.8) is 0 Å². The average molecular weight is 444 g/mol. The molecule has 0 radical (unpaired) electrons. The first-order valence-electron chi connectivity index (χ1n) is 10.8. The maximum Gasteiger partial charge on any atom is 0.237 e. The summed E-state index contributed by atoms with van der Waals surface area (Å²) < 4.78 is 12.6. The minimum Gasteiger partial charge on any atom is -0.497 e. The monoisotopic (exact) mass is 443 g/mol. The molecule has 1 aliphatic rings. The molecular weight excluding hydrogens is 410 g/mol. The van der Waals surface area contributed by atoms with Gasteiger partial charge in [-0.1, -0.05) is 0 Å². The molecule has 1 atom stereocenters. The van der Waals surface area contributed by atoms with Crippen LogP contribution in [0.5, 0.6) is 11.5 Å². The van der Waals surface area contributed by atoms with Crippen molar-refractivity contribution in [1.29, 1.82) is 0 Å². The third-order valence-electron chi connectivity index (χ3n) is 5.78. The zero-order valence-electron chi connectivity index (χ0n) is 19.5. The number of amides is 2. The third kappa shape index (κ3) is 5.59. The minimum absolute atomic E-state index is 0.0121. The molecule has 2 amide bonds. The summed E-state index contributed by atoms with van der Waals surface area (Å²) in [4.78, 5) is 34.2. The molecule has 1 aromatic heterocycles. The lowest BCUT2D eigenvalue weighted by Gasteiger charge is -2.36. The molecule has 1 aromatic carbocycles. The molecule has 2 aromatic rings. The standard InChI is InChI=1S/C23H33N5O4/c1-16(2)28(15-21-24-6-8-26(21)3)22(29)13-20-23(30)25-7-9-27(20)14-17-10-18(31-4)12-19(11-17)32-5/h6,8,10-12,16,20H,7,9,13-15H2,1-5H3,(H,25,30)/t20-/m0/s1. The molecule has 0 spiro atoms. The van der Waals surface area contributed by atoms with Crippen LogP contribution in [0.4, 0.5) is 0 Å². The van der Waals surface area contributed by atoms with Crippen LogP contribution in [-0.2, 0) is 29.7 Å². The molecule has 1 fully saturated rings. The van der Waals surface area contributed by atoms with E-state index in [9.17, 15) is 9.59 Å². The lowest BCUT2D eigenvalue weighted by atomic mass is 10.1. The largest absolute Gasteiger partial charge is 0.497 e. The van der Waals surface area contributed by atoms with Gasteiger partial charge >= 0.3 is 0 Å². The van der Waals surface area contributed by atoms with Crippen LogP contribution < -0.4 is 14.8 Å². The number of rotatable bonds is 9. The second-order valence-corrected chi connectivity index (χ2v) is 8.27. The molecule has 32 heavy (non-hydrogen) atoms. The van der Waals surface area contributed by atoms with E-state index >= 15 is 0 Å². The summed E-state index contributed by atoms with van der Waals surface area (Å²) >= 11 is 0. The Morgan fingerprint density at radius 3 is 2.50 bits per heavy atom. The molecule has 1 saturated heterocycles. The second-order valence-electron chi connectivity index (χ2n) is 8.27. The fourth-order valence-electron chi connectivity index (χ4n) is 3.91. The number of nitrogens with one attached hydrogen (secondary N) is 1. The fourth-order valence-corrected chi connectivity index (χ4v) is 3.91. The highest BCUT2D eigenvalue weighted by Gasteiger charge is 2.34. The van der Waals surface area contributed by atoms with Crippen LogP contribution in [-0.4, -0.2) is 70.6 Å². The Labute approximate surface area is 189 Å². The second kappa shape index (κ2) is 10.5. The van der Waals surface area contributed by atoms with Gasteiger partial charge in [0.05, 0.1) is 33.2 Å². The van der Waals surface area contributed by atoms with E-state index in [1.54, 1.807) is 25.3 Å². The summed E-state index contributed by atoms with van der Waals surface area (Å²) in [5.41, 5.74) is 0.960. The number of piperazine rings is 1. The zero-order valence-corrected chi connectivity index (χ0v) is 19.5. The van der Waals surface area contributed by atoms with Crippen LogP contribution in [0, 0.1) is 0 Å². The van der Waals surface area contributed by atoms with Gasteiger partial charge < -0.3 is 24.3 Å². The number of carbonyl (C=O) groups is 2. The number of benzene rings is 1. The van der Waals surface area contributed by atoms with Gasteiger partial charge in [-0.15, -0.1) is 0 Å². The molecule has 0 unspecified atom stereocenters. The Morgan fingerprint density at radius 1 is 1.25 bits per heavy atom. The van der Waals surface area contributed by atoms with Gasteiger partial charge in [-0.3, -0.25) is 14.5 Å². The van der Waals surface area contributed by atoms with Crippen LogP contribution in [0.2, 0.25) is 0 Å². The van der Waals surface area contributed by atoms with Crippen molar-refractivity contribution in [2.45, 2.75) is 45.4 Å². The predicted octanol–water partition coefficient (Wildman–Crippen LogP) is 1.57. The summed E-state index contributed by atoms with van der Waals surface area (Å²) in [5, 5.41) is 2.90. The molecule has 1 aliphatic heterocycles. The number of ether oxygens (including phenoxy) is 2. The molecule has 3 rings (SSSR count). The van der Waals surface area contributed by atoms with Gasteiger partial charge in [0.15, 0.2) is 0 Å². The number of hydrogen-bond donors (Lipinski definition) is 1. The number of carbonyl (C=O) groups excluding carboxylic acids is 2. The van der Waals surface area contributed by atoms with Gasteiger partial charge in [0.25, 0.3) is 0 Å². The van der Waals surface area contributed by atoms with Crippen molar-refractivity contribution >= 4 is 11.8 Å². The van der Waals surface area contributed by atoms with Gasteiger partial charge in [0.1, 0.15) is 17.3 Å². The van der Waals surface area contributed by atoms with Gasteiger partial charge in [-0.25, -0.2) is 4.98 Å². The van der Waals surface area contributed by atoms with Crippen molar-refractivity contribution < 1.29 is 19.1 Å². The smallest absolute Gasteiger partial charge is 0.237 e. The summed E-state index contributed by atoms with van der Waals surface area (Å²) in [6.07, 6.45) is 3.68. The first-order valence-corrected chi connectivity index (χ1v) is 10.8. The Hall–Kier alpha value is -3.07. The highest BCUT2D eigenvalue weighted by Crippen LogP contribution is 2.25. The van der Waals surface area contributed by atoms with Crippen molar-refractivity contribution in [2.24, 2.45) is 7.05 Å². The quantitative estimate of drug-likeness (QED) is 0.633. The van der Waals surface area contributed by atoms with E-state index in [2.05, 4.69) is 10.3 Å². The van der Waals surface area contributed by atoms with E-state index in [-0.39, 0.29) is 24.3 Å². The fraction of sp³-hybridized carbons (Fsp3) is 0.522. The van der Waals surface area contributed by atoms with Crippen molar-refractivity contribution in [2.75, 3.05) is 27.3 Å². The molecule has 174 valence electrons. The van der Waals surface area contributed by atoms with Crippen molar-refractivity contribution in [3.05, 3.63) is 42.0 Å². The minimum atomic E-state index is -0.545. The van der Waals surface area contributed by atoms with Crippen LogP contribution in [0.1, 0.15) is 31.7 Å². The zero-order chi connectivity index (χ0) is 23.3. The van der Waals surface area contributed by atoms with E-state index in [1.807, 2.05) is 54.8 Å². The molecule has 0 aliphatic carbocycles. The first kappa shape index (κ1) is 23.6. The molecule has 0 bridgehead atoms. The Bertz CT molecular complexity index is 920. The normalized spacial score (nSPS) is 16.7. The molecule has 0 saturated carbocycles. The maximum atomic E-state index is 13.3. The SMILES string of the molecule is COc1cc(CN2CCNC(=O)[C@@H]2CC(=O)N(Cc2nccn2C)C(C)C)cc(OC)c1. The van der Waals surface area contributed by atoms with E-state index < -0.39 is 6.04 Å². The summed E-state index contributed by atoms with van der Waals surface area (Å²) in [5.74, 6) is 1.99. The van der Waals surface area contributed by atoms with E-state index in [4.69, 9.17) is 9.47 Å². The van der Waals surface area contributed by atoms with Crippen LogP contribution in [0.15, 0.2) is 30.6 Å². The Morgan fingerprint density at radius 2 is 1.94 bits per heavy atom. The number of imidazole rings is 1. The topological polar surface area (TPSA) is 88.9 Å². The molecular formula is C23H33N5O4. The first-order chi connectivity index (χ1) is 15.3. The highest BCUT2D eigenvalue weighted by molar-refractivity contribution is 5.89. The van der Waals surface area contributed by atoms with Crippen LogP contribution >= 0.6 is 0 Å². The lowest BCUT2D eigenvalue weighted by Crippen LogP contribution is -2.56. The Balaban J connectivity index is 1.77.